The van der Waals surface area contributed by atoms with E-state index in [1.807, 2.05) is 17.0 Å². The van der Waals surface area contributed by atoms with Gasteiger partial charge in [-0.25, -0.2) is 0 Å². The van der Waals surface area contributed by atoms with Crippen LogP contribution >= 0.6 is 11.6 Å². The van der Waals surface area contributed by atoms with Crippen LogP contribution in [0.15, 0.2) is 24.3 Å². The van der Waals surface area contributed by atoms with Crippen LogP contribution in [0.3, 0.4) is 0 Å². The van der Waals surface area contributed by atoms with Gasteiger partial charge in [0.15, 0.2) is 0 Å². The van der Waals surface area contributed by atoms with Crippen molar-refractivity contribution in [3.8, 4) is 0 Å². The Balaban J connectivity index is 1.42. The van der Waals surface area contributed by atoms with Crippen molar-refractivity contribution in [2.75, 3.05) is 38.0 Å². The molecule has 142 valence electrons. The van der Waals surface area contributed by atoms with Gasteiger partial charge in [0.05, 0.1) is 6.54 Å². The normalized spacial score (nSPS) is 20.2. The van der Waals surface area contributed by atoms with Gasteiger partial charge >= 0.3 is 0 Å². The van der Waals surface area contributed by atoms with E-state index in [4.69, 9.17) is 11.6 Å². The number of hydrogen-bond acceptors (Lipinski definition) is 3. The van der Waals surface area contributed by atoms with Crippen molar-refractivity contribution < 1.29 is 9.59 Å². The Kier molecular flexibility index (Phi) is 6.54. The Labute approximate surface area is 160 Å². The minimum atomic E-state index is -0.0398. The van der Waals surface area contributed by atoms with Gasteiger partial charge in [0, 0.05) is 29.7 Å². The van der Waals surface area contributed by atoms with Crippen LogP contribution in [0.1, 0.15) is 32.6 Å². The second kappa shape index (κ2) is 8.87. The van der Waals surface area contributed by atoms with Crippen molar-refractivity contribution in [2.24, 2.45) is 11.8 Å². The summed E-state index contributed by atoms with van der Waals surface area (Å²) in [5.74, 6) is 1.14. The number of nitrogens with zero attached hydrogens (tertiary/aromatic N) is 2. The van der Waals surface area contributed by atoms with Gasteiger partial charge < -0.3 is 10.2 Å². The maximum absolute atomic E-state index is 12.7. The molecule has 0 spiro atoms. The Morgan fingerprint density at radius 1 is 1.12 bits per heavy atom. The van der Waals surface area contributed by atoms with Gasteiger partial charge in [0.1, 0.15) is 0 Å². The first-order valence-corrected chi connectivity index (χ1v) is 9.95. The zero-order chi connectivity index (χ0) is 18.5. The smallest absolute Gasteiger partial charge is 0.238 e. The summed E-state index contributed by atoms with van der Waals surface area (Å²) in [5, 5.41) is 3.49. The lowest BCUT2D eigenvalue weighted by molar-refractivity contribution is -0.138. The fraction of sp³-hybridized carbons (Fsp3) is 0.600. The number of carbonyl (C=O) groups excluding carboxylic acids is 2. The highest BCUT2D eigenvalue weighted by Crippen LogP contribution is 2.23. The molecule has 2 amide bonds. The van der Waals surface area contributed by atoms with E-state index in [2.05, 4.69) is 17.1 Å². The molecular formula is C20H28ClN3O2. The first-order chi connectivity index (χ1) is 12.5. The third kappa shape index (κ3) is 5.21. The SMILES string of the molecule is CC1CCN(C(=O)C2CCN(CC(=O)Nc3cccc(Cl)c3)CC2)CC1. The third-order valence-electron chi connectivity index (χ3n) is 5.51. The molecule has 0 unspecified atom stereocenters. The lowest BCUT2D eigenvalue weighted by Gasteiger charge is -2.36. The zero-order valence-electron chi connectivity index (χ0n) is 15.4. The van der Waals surface area contributed by atoms with E-state index in [0.717, 1.165) is 57.8 Å². The highest BCUT2D eigenvalue weighted by atomic mass is 35.5. The number of likely N-dealkylation sites (tertiary alicyclic amines) is 2. The van der Waals surface area contributed by atoms with Gasteiger partial charge in [-0.1, -0.05) is 24.6 Å². The summed E-state index contributed by atoms with van der Waals surface area (Å²) >= 11 is 5.94. The molecule has 1 N–H and O–H groups in total. The summed E-state index contributed by atoms with van der Waals surface area (Å²) in [6, 6.07) is 7.16. The highest BCUT2D eigenvalue weighted by Gasteiger charge is 2.30. The Morgan fingerprint density at radius 3 is 2.46 bits per heavy atom. The second-order valence-corrected chi connectivity index (χ2v) is 8.05. The molecule has 0 aliphatic carbocycles. The van der Waals surface area contributed by atoms with Gasteiger partial charge in [0.2, 0.25) is 11.8 Å². The average molecular weight is 378 g/mol. The van der Waals surface area contributed by atoms with E-state index in [1.54, 1.807) is 12.1 Å². The van der Waals surface area contributed by atoms with Crippen LogP contribution in [-0.4, -0.2) is 54.3 Å². The molecule has 0 bridgehead atoms. The number of amides is 2. The van der Waals surface area contributed by atoms with E-state index in [-0.39, 0.29) is 11.8 Å². The molecular weight excluding hydrogens is 350 g/mol. The third-order valence-corrected chi connectivity index (χ3v) is 5.74. The summed E-state index contributed by atoms with van der Waals surface area (Å²) in [5.41, 5.74) is 0.715. The van der Waals surface area contributed by atoms with Crippen LogP contribution in [0.4, 0.5) is 5.69 Å². The fourth-order valence-electron chi connectivity index (χ4n) is 3.80. The lowest BCUT2D eigenvalue weighted by atomic mass is 9.92. The number of carbonyl (C=O) groups is 2. The number of nitrogens with one attached hydrogen (secondary N) is 1. The summed E-state index contributed by atoms with van der Waals surface area (Å²) in [6.07, 6.45) is 3.92. The minimum absolute atomic E-state index is 0.0398. The van der Waals surface area contributed by atoms with Crippen LogP contribution in [0, 0.1) is 11.8 Å². The lowest BCUT2D eigenvalue weighted by Crippen LogP contribution is -2.46. The van der Waals surface area contributed by atoms with Gasteiger partial charge in [-0.3, -0.25) is 14.5 Å². The predicted octanol–water partition coefficient (Wildman–Crippen LogP) is 3.25. The number of anilines is 1. The molecule has 2 aliphatic heterocycles. The molecule has 0 saturated carbocycles. The van der Waals surface area contributed by atoms with Crippen molar-refractivity contribution in [3.63, 3.8) is 0 Å². The second-order valence-electron chi connectivity index (χ2n) is 7.62. The molecule has 1 aromatic carbocycles. The zero-order valence-corrected chi connectivity index (χ0v) is 16.2. The average Bonchev–Trinajstić information content (AvgIpc) is 2.62. The van der Waals surface area contributed by atoms with Gasteiger partial charge in [-0.2, -0.15) is 0 Å². The van der Waals surface area contributed by atoms with E-state index in [9.17, 15) is 9.59 Å². The Morgan fingerprint density at radius 2 is 1.81 bits per heavy atom. The molecule has 2 aliphatic rings. The van der Waals surface area contributed by atoms with Crippen molar-refractivity contribution in [3.05, 3.63) is 29.3 Å². The minimum Gasteiger partial charge on any atom is -0.342 e. The first-order valence-electron chi connectivity index (χ1n) is 9.58. The quantitative estimate of drug-likeness (QED) is 0.876. The molecule has 6 heteroatoms. The standard InChI is InChI=1S/C20H28ClN3O2/c1-15-5-11-24(12-6-15)20(26)16-7-9-23(10-8-16)14-19(25)22-18-4-2-3-17(21)13-18/h2-4,13,15-16H,5-12,14H2,1H3,(H,22,25). The molecule has 0 aromatic heterocycles. The van der Waals surface area contributed by atoms with Crippen LogP contribution in [0.25, 0.3) is 0 Å². The molecule has 2 saturated heterocycles. The Hall–Kier alpha value is -1.59. The molecule has 1 aromatic rings. The Bertz CT molecular complexity index is 636. The summed E-state index contributed by atoms with van der Waals surface area (Å²) in [6.45, 7) is 6.02. The summed E-state index contributed by atoms with van der Waals surface area (Å²) in [4.78, 5) is 29.1. The molecule has 3 rings (SSSR count). The van der Waals surface area contributed by atoms with Crippen molar-refractivity contribution in [2.45, 2.75) is 32.6 Å². The number of rotatable bonds is 4. The summed E-state index contributed by atoms with van der Waals surface area (Å²) < 4.78 is 0. The van der Waals surface area contributed by atoms with Crippen LogP contribution in [0.2, 0.25) is 5.02 Å². The van der Waals surface area contributed by atoms with E-state index in [0.29, 0.717) is 23.2 Å². The maximum atomic E-state index is 12.7. The van der Waals surface area contributed by atoms with Crippen LogP contribution < -0.4 is 5.32 Å². The molecule has 26 heavy (non-hydrogen) atoms. The predicted molar refractivity (Wildman–Crippen MR) is 104 cm³/mol. The largest absolute Gasteiger partial charge is 0.342 e. The van der Waals surface area contributed by atoms with Gasteiger partial charge in [0.25, 0.3) is 0 Å². The topological polar surface area (TPSA) is 52.7 Å². The van der Waals surface area contributed by atoms with Gasteiger partial charge in [-0.15, -0.1) is 0 Å². The molecule has 5 nitrogen and oxygen atoms in total. The van der Waals surface area contributed by atoms with Crippen molar-refractivity contribution in [1.29, 1.82) is 0 Å². The van der Waals surface area contributed by atoms with Crippen molar-refractivity contribution >= 4 is 29.1 Å². The van der Waals surface area contributed by atoms with Crippen molar-refractivity contribution in [1.82, 2.24) is 9.80 Å². The van der Waals surface area contributed by atoms with E-state index in [1.165, 1.54) is 0 Å². The van der Waals surface area contributed by atoms with E-state index >= 15 is 0 Å². The van der Waals surface area contributed by atoms with Crippen LogP contribution in [-0.2, 0) is 9.59 Å². The monoisotopic (exact) mass is 377 g/mol. The number of hydrogen-bond donors (Lipinski definition) is 1. The maximum Gasteiger partial charge on any atom is 0.238 e. The highest BCUT2D eigenvalue weighted by molar-refractivity contribution is 6.30. The van der Waals surface area contributed by atoms with Gasteiger partial charge in [-0.05, 0) is 62.9 Å². The van der Waals surface area contributed by atoms with Crippen LogP contribution in [0.5, 0.6) is 0 Å². The molecule has 2 fully saturated rings. The molecule has 0 atom stereocenters. The number of halogens is 1. The van der Waals surface area contributed by atoms with E-state index < -0.39 is 0 Å². The fourth-order valence-corrected chi connectivity index (χ4v) is 3.99. The number of piperidine rings is 2. The molecule has 0 radical (unpaired) electrons. The summed E-state index contributed by atoms with van der Waals surface area (Å²) in [7, 11) is 0. The molecule has 2 heterocycles. The number of benzene rings is 1. The first kappa shape index (κ1) is 19.2.